The molecule has 0 N–H and O–H groups in total. The highest BCUT2D eigenvalue weighted by Crippen LogP contribution is 2.42. The topological polar surface area (TPSA) is 60.1 Å². The second-order valence-corrected chi connectivity index (χ2v) is 12.0. The van der Waals surface area contributed by atoms with Gasteiger partial charge in [0.05, 0.1) is 16.5 Å². The zero-order valence-electron chi connectivity index (χ0n) is 20.9. The van der Waals surface area contributed by atoms with E-state index in [1.165, 1.54) is 0 Å². The van der Waals surface area contributed by atoms with Crippen LogP contribution in [0.3, 0.4) is 0 Å². The van der Waals surface area contributed by atoms with Crippen LogP contribution in [0.2, 0.25) is 5.15 Å². The van der Waals surface area contributed by atoms with Gasteiger partial charge >= 0.3 is 0 Å². The molecule has 0 aliphatic carbocycles. The van der Waals surface area contributed by atoms with Crippen LogP contribution in [0.4, 0.5) is 0 Å². The van der Waals surface area contributed by atoms with Gasteiger partial charge in [0.2, 0.25) is 0 Å². The molecule has 0 bridgehead atoms. The highest BCUT2D eigenvalue weighted by molar-refractivity contribution is 7.85. The van der Waals surface area contributed by atoms with Gasteiger partial charge in [-0.3, -0.25) is 0 Å². The fourth-order valence-electron chi connectivity index (χ4n) is 4.52. The second kappa shape index (κ2) is 10.0. The van der Waals surface area contributed by atoms with Gasteiger partial charge in [0.1, 0.15) is 27.4 Å². The Morgan fingerprint density at radius 3 is 1.78 bits per heavy atom. The van der Waals surface area contributed by atoms with E-state index in [0.29, 0.717) is 10.8 Å². The van der Waals surface area contributed by atoms with Crippen molar-refractivity contribution in [3.63, 3.8) is 0 Å². The summed E-state index contributed by atoms with van der Waals surface area (Å²) in [6.07, 6.45) is 3.29. The Bertz CT molecular complexity index is 1480. The van der Waals surface area contributed by atoms with Crippen LogP contribution >= 0.6 is 11.6 Å². The van der Waals surface area contributed by atoms with Crippen molar-refractivity contribution in [2.75, 3.05) is 0 Å². The maximum absolute atomic E-state index is 12.7. The number of hydrogen-bond donors (Lipinski definition) is 0. The normalized spacial score (nSPS) is 13.3. The van der Waals surface area contributed by atoms with Gasteiger partial charge < -0.3 is 0 Å². The van der Waals surface area contributed by atoms with E-state index in [2.05, 4.69) is 45.8 Å². The maximum atomic E-state index is 12.7. The summed E-state index contributed by atoms with van der Waals surface area (Å²) in [5.41, 5.74) is 3.63. The van der Waals surface area contributed by atoms with E-state index in [9.17, 15) is 4.21 Å². The van der Waals surface area contributed by atoms with Gasteiger partial charge in [0, 0.05) is 17.6 Å². The lowest BCUT2D eigenvalue weighted by molar-refractivity contribution is 0.475. The van der Waals surface area contributed by atoms with Crippen molar-refractivity contribution in [2.24, 2.45) is 4.40 Å². The lowest BCUT2D eigenvalue weighted by atomic mass is 9.77. The van der Waals surface area contributed by atoms with Gasteiger partial charge in [-0.15, -0.1) is 0 Å². The van der Waals surface area contributed by atoms with Gasteiger partial charge in [-0.1, -0.05) is 103 Å². The molecule has 2 heterocycles. The Morgan fingerprint density at radius 1 is 0.838 bits per heavy atom. The number of hydrogen-bond acceptors (Lipinski definition) is 3. The minimum absolute atomic E-state index is 0.360. The van der Waals surface area contributed by atoms with Crippen molar-refractivity contribution in [1.82, 2.24) is 14.8 Å². The zero-order valence-corrected chi connectivity index (χ0v) is 22.4. The molecule has 0 spiro atoms. The third-order valence-electron chi connectivity index (χ3n) is 6.25. The van der Waals surface area contributed by atoms with Gasteiger partial charge in [0.15, 0.2) is 0 Å². The first kappa shape index (κ1) is 25.1. The molecular weight excluding hydrogens is 500 g/mol. The molecule has 5 aromatic rings. The van der Waals surface area contributed by atoms with E-state index >= 15 is 0 Å². The molecule has 3 aromatic carbocycles. The number of nitrogens with zero attached hydrogens (tertiary/aromatic N) is 4. The summed E-state index contributed by atoms with van der Waals surface area (Å²) in [4.78, 5) is 4.33. The summed E-state index contributed by atoms with van der Waals surface area (Å²) in [5.74, 6) is 0. The summed E-state index contributed by atoms with van der Waals surface area (Å²) in [6.45, 7) is 5.68. The number of aromatic nitrogens is 3. The van der Waals surface area contributed by atoms with Crippen LogP contribution in [0.5, 0.6) is 0 Å². The Morgan fingerprint density at radius 2 is 1.32 bits per heavy atom. The summed E-state index contributed by atoms with van der Waals surface area (Å²) in [7, 11) is -1.43. The Hall–Kier alpha value is -3.61. The SMILES string of the molecule is CC(C)(C)S(=O)N=Cc1nn(C(c2ccccc2)(c2ccccc2)c2ccccc2)c2cc(Cl)ncc12. The predicted octanol–water partition coefficient (Wildman–Crippen LogP) is 6.81. The van der Waals surface area contributed by atoms with Crippen molar-refractivity contribution in [2.45, 2.75) is 31.1 Å². The molecule has 1 atom stereocenters. The fraction of sp³-hybridized carbons (Fsp3) is 0.167. The van der Waals surface area contributed by atoms with E-state index < -0.39 is 21.3 Å². The number of pyridine rings is 1. The lowest BCUT2D eigenvalue weighted by Gasteiger charge is -2.37. The fourth-order valence-corrected chi connectivity index (χ4v) is 5.18. The predicted molar refractivity (Wildman–Crippen MR) is 153 cm³/mol. The molecule has 186 valence electrons. The molecular formula is C30H27ClN4OS. The molecule has 0 amide bonds. The van der Waals surface area contributed by atoms with E-state index in [-0.39, 0.29) is 0 Å². The zero-order chi connectivity index (χ0) is 26.0. The molecule has 7 heteroatoms. The molecule has 0 radical (unpaired) electrons. The Labute approximate surface area is 224 Å². The maximum Gasteiger partial charge on any atom is 0.144 e. The lowest BCUT2D eigenvalue weighted by Crippen LogP contribution is -2.38. The largest absolute Gasteiger partial charge is 0.244 e. The van der Waals surface area contributed by atoms with Gasteiger partial charge in [-0.05, 0) is 37.5 Å². The van der Waals surface area contributed by atoms with Crippen molar-refractivity contribution in [3.8, 4) is 0 Å². The standard InChI is InChI=1S/C30H27ClN4OS/c1-29(2,3)37(36)33-21-26-25-20-32-28(31)19-27(25)35(34-26)30(22-13-7-4-8-14-22,23-15-9-5-10-16-23)24-17-11-6-12-18-24/h4-21H,1-3H3. The molecule has 0 fully saturated rings. The van der Waals surface area contributed by atoms with Crippen LogP contribution in [0.15, 0.2) is 108 Å². The van der Waals surface area contributed by atoms with E-state index in [0.717, 1.165) is 27.6 Å². The third-order valence-corrected chi connectivity index (χ3v) is 7.80. The van der Waals surface area contributed by atoms with Crippen LogP contribution in [0.25, 0.3) is 10.9 Å². The molecule has 1 unspecified atom stereocenters. The van der Waals surface area contributed by atoms with Crippen LogP contribution in [-0.4, -0.2) is 29.9 Å². The number of benzene rings is 3. The minimum Gasteiger partial charge on any atom is -0.244 e. The van der Waals surface area contributed by atoms with Crippen molar-refractivity contribution >= 4 is 39.7 Å². The summed E-state index contributed by atoms with van der Waals surface area (Å²) < 4.78 is 18.6. The van der Waals surface area contributed by atoms with Gasteiger partial charge in [0.25, 0.3) is 0 Å². The molecule has 0 aliphatic rings. The molecule has 2 aromatic heterocycles. The van der Waals surface area contributed by atoms with Crippen LogP contribution in [0, 0.1) is 0 Å². The van der Waals surface area contributed by atoms with E-state index in [1.54, 1.807) is 12.4 Å². The quantitative estimate of drug-likeness (QED) is 0.139. The smallest absolute Gasteiger partial charge is 0.144 e. The Balaban J connectivity index is 1.90. The molecule has 37 heavy (non-hydrogen) atoms. The average Bonchev–Trinajstić information content (AvgIpc) is 3.27. The molecule has 0 aliphatic heterocycles. The van der Waals surface area contributed by atoms with Crippen LogP contribution in [-0.2, 0) is 16.5 Å². The summed E-state index contributed by atoms with van der Waals surface area (Å²) >= 11 is 6.44. The highest BCUT2D eigenvalue weighted by atomic mass is 35.5. The minimum atomic E-state index is -1.43. The summed E-state index contributed by atoms with van der Waals surface area (Å²) in [6, 6.07) is 32.7. The van der Waals surface area contributed by atoms with E-state index in [4.69, 9.17) is 16.7 Å². The van der Waals surface area contributed by atoms with Gasteiger partial charge in [-0.25, -0.2) is 13.9 Å². The van der Waals surface area contributed by atoms with Crippen molar-refractivity contribution < 1.29 is 4.21 Å². The highest BCUT2D eigenvalue weighted by Gasteiger charge is 2.41. The molecule has 5 rings (SSSR count). The number of rotatable bonds is 6. The number of halogens is 1. The number of fused-ring (bicyclic) bond motifs is 1. The van der Waals surface area contributed by atoms with Crippen molar-refractivity contribution in [3.05, 3.63) is 131 Å². The first-order valence-corrected chi connectivity index (χ1v) is 13.5. The third kappa shape index (κ3) is 4.63. The van der Waals surface area contributed by atoms with Crippen LogP contribution < -0.4 is 0 Å². The summed E-state index contributed by atoms with van der Waals surface area (Å²) in [5, 5.41) is 6.25. The van der Waals surface area contributed by atoms with Gasteiger partial charge in [-0.2, -0.15) is 9.50 Å². The molecule has 5 nitrogen and oxygen atoms in total. The van der Waals surface area contributed by atoms with Crippen LogP contribution in [0.1, 0.15) is 43.2 Å². The first-order valence-electron chi connectivity index (χ1n) is 12.0. The monoisotopic (exact) mass is 526 g/mol. The van der Waals surface area contributed by atoms with E-state index in [1.807, 2.05) is 86.1 Å². The van der Waals surface area contributed by atoms with Crippen molar-refractivity contribution in [1.29, 1.82) is 0 Å². The molecule has 0 saturated carbocycles. The second-order valence-electron chi connectivity index (χ2n) is 9.73. The average molecular weight is 527 g/mol. The molecule has 0 saturated heterocycles. The first-order chi connectivity index (χ1) is 17.8. The Kier molecular flexibility index (Phi) is 6.80.